The maximum Gasteiger partial charge on any atom is 0.330 e. The van der Waals surface area contributed by atoms with E-state index < -0.39 is 24.0 Å². The zero-order valence-electron chi connectivity index (χ0n) is 9.46. The van der Waals surface area contributed by atoms with Gasteiger partial charge in [0.2, 0.25) is 0 Å². The van der Waals surface area contributed by atoms with E-state index >= 15 is 0 Å². The molecular formula is C10H16O7. The summed E-state index contributed by atoms with van der Waals surface area (Å²) < 4.78 is 4.45. The molecule has 0 fully saturated rings. The van der Waals surface area contributed by atoms with Crippen LogP contribution < -0.4 is 0 Å². The number of hydrogen-bond donors (Lipinski definition) is 3. The topological polar surface area (TPSA) is 121 Å². The highest BCUT2D eigenvalue weighted by Gasteiger charge is 2.00. The minimum atomic E-state index is -1.08. The molecule has 17 heavy (non-hydrogen) atoms. The maximum absolute atomic E-state index is 10.3. The van der Waals surface area contributed by atoms with Gasteiger partial charge in [-0.15, -0.1) is 0 Å². The van der Waals surface area contributed by atoms with Crippen LogP contribution in [0, 0.1) is 0 Å². The summed E-state index contributed by atoms with van der Waals surface area (Å²) in [6.45, 7) is 4.75. The molecule has 0 amide bonds. The number of carboxylic acids is 2. The van der Waals surface area contributed by atoms with Crippen LogP contribution in [0.5, 0.6) is 0 Å². The van der Waals surface area contributed by atoms with E-state index in [0.29, 0.717) is 0 Å². The van der Waals surface area contributed by atoms with Gasteiger partial charge in [-0.3, -0.25) is 9.59 Å². The molecule has 0 saturated carbocycles. The summed E-state index contributed by atoms with van der Waals surface area (Å²) >= 11 is 0. The van der Waals surface area contributed by atoms with Crippen molar-refractivity contribution in [1.82, 2.24) is 0 Å². The van der Waals surface area contributed by atoms with Crippen LogP contribution >= 0.6 is 0 Å². The molecule has 0 aliphatic carbocycles. The Morgan fingerprint density at radius 3 is 1.88 bits per heavy atom. The molecule has 0 aliphatic heterocycles. The Morgan fingerprint density at radius 1 is 1.24 bits per heavy atom. The SMILES string of the molecule is C=CC(=O)OCC(C)O.O=C(O)CCC(=O)O. The lowest BCUT2D eigenvalue weighted by Crippen LogP contribution is -2.13. The van der Waals surface area contributed by atoms with E-state index in [9.17, 15) is 14.4 Å². The fraction of sp³-hybridized carbons (Fsp3) is 0.500. The van der Waals surface area contributed by atoms with Crippen LogP contribution in [-0.2, 0) is 19.1 Å². The van der Waals surface area contributed by atoms with Gasteiger partial charge in [-0.25, -0.2) is 4.79 Å². The Balaban J connectivity index is 0. The molecule has 0 aromatic carbocycles. The molecular weight excluding hydrogens is 232 g/mol. The van der Waals surface area contributed by atoms with E-state index in [2.05, 4.69) is 11.3 Å². The van der Waals surface area contributed by atoms with Crippen molar-refractivity contribution in [2.45, 2.75) is 25.9 Å². The van der Waals surface area contributed by atoms with Gasteiger partial charge in [0.05, 0.1) is 18.9 Å². The predicted octanol–water partition coefficient (Wildman–Crippen LogP) is 0.0322. The van der Waals surface area contributed by atoms with Gasteiger partial charge in [-0.2, -0.15) is 0 Å². The second-order valence-corrected chi connectivity index (χ2v) is 2.97. The van der Waals surface area contributed by atoms with E-state index in [1.54, 1.807) is 0 Å². The Kier molecular flexibility index (Phi) is 10.9. The Bertz CT molecular complexity index is 256. The third-order valence-corrected chi connectivity index (χ3v) is 1.19. The molecule has 0 aromatic heterocycles. The lowest BCUT2D eigenvalue weighted by molar-refractivity contribution is -0.143. The highest BCUT2D eigenvalue weighted by atomic mass is 16.5. The third kappa shape index (κ3) is 20.2. The highest BCUT2D eigenvalue weighted by Crippen LogP contribution is 1.86. The van der Waals surface area contributed by atoms with Gasteiger partial charge < -0.3 is 20.1 Å². The fourth-order valence-electron chi connectivity index (χ4n) is 0.476. The molecule has 0 radical (unpaired) electrons. The van der Waals surface area contributed by atoms with Crippen LogP contribution in [0.2, 0.25) is 0 Å². The van der Waals surface area contributed by atoms with Crippen molar-refractivity contribution in [1.29, 1.82) is 0 Å². The van der Waals surface area contributed by atoms with E-state index in [0.717, 1.165) is 6.08 Å². The van der Waals surface area contributed by atoms with Crippen molar-refractivity contribution in [3.8, 4) is 0 Å². The molecule has 0 aliphatic rings. The number of hydrogen-bond acceptors (Lipinski definition) is 5. The van der Waals surface area contributed by atoms with Gasteiger partial charge in [0.15, 0.2) is 0 Å². The molecule has 0 saturated heterocycles. The first-order valence-electron chi connectivity index (χ1n) is 4.70. The van der Waals surface area contributed by atoms with Crippen molar-refractivity contribution in [3.63, 3.8) is 0 Å². The number of aliphatic hydroxyl groups is 1. The lowest BCUT2D eigenvalue weighted by atomic mass is 10.3. The molecule has 0 spiro atoms. The van der Waals surface area contributed by atoms with Gasteiger partial charge in [0.25, 0.3) is 0 Å². The van der Waals surface area contributed by atoms with Gasteiger partial charge >= 0.3 is 17.9 Å². The number of carbonyl (C=O) groups excluding carboxylic acids is 1. The van der Waals surface area contributed by atoms with Gasteiger partial charge in [0.1, 0.15) is 6.61 Å². The van der Waals surface area contributed by atoms with Crippen LogP contribution in [0.25, 0.3) is 0 Å². The van der Waals surface area contributed by atoms with E-state index in [1.807, 2.05) is 0 Å². The largest absolute Gasteiger partial charge is 0.481 e. The second kappa shape index (κ2) is 10.6. The van der Waals surface area contributed by atoms with Crippen molar-refractivity contribution in [2.75, 3.05) is 6.61 Å². The van der Waals surface area contributed by atoms with Crippen molar-refractivity contribution in [3.05, 3.63) is 12.7 Å². The highest BCUT2D eigenvalue weighted by molar-refractivity contribution is 5.81. The molecule has 1 atom stereocenters. The van der Waals surface area contributed by atoms with Crippen molar-refractivity contribution in [2.24, 2.45) is 0 Å². The average molecular weight is 248 g/mol. The Morgan fingerprint density at radius 2 is 1.65 bits per heavy atom. The number of aliphatic hydroxyl groups excluding tert-OH is 1. The van der Waals surface area contributed by atoms with Crippen LogP contribution in [0.4, 0.5) is 0 Å². The molecule has 0 bridgehead atoms. The number of carboxylic acid groups (broad SMARTS) is 2. The summed E-state index contributed by atoms with van der Waals surface area (Å²) in [5.74, 6) is -2.66. The summed E-state index contributed by atoms with van der Waals surface area (Å²) in [6, 6.07) is 0. The number of esters is 1. The number of rotatable bonds is 6. The van der Waals surface area contributed by atoms with Crippen LogP contribution in [0.1, 0.15) is 19.8 Å². The van der Waals surface area contributed by atoms with Crippen LogP contribution in [0.15, 0.2) is 12.7 Å². The first-order chi connectivity index (χ1) is 7.79. The number of carbonyl (C=O) groups is 3. The number of ether oxygens (including phenoxy) is 1. The summed E-state index contributed by atoms with van der Waals surface area (Å²) in [6.07, 6.45) is -0.138. The van der Waals surface area contributed by atoms with Crippen molar-refractivity contribution >= 4 is 17.9 Å². The molecule has 0 aromatic rings. The molecule has 1 unspecified atom stereocenters. The summed E-state index contributed by atoms with van der Waals surface area (Å²) in [5, 5.41) is 24.4. The monoisotopic (exact) mass is 248 g/mol. The van der Waals surface area contributed by atoms with Crippen LogP contribution in [-0.4, -0.2) is 45.9 Å². The molecule has 7 nitrogen and oxygen atoms in total. The maximum atomic E-state index is 10.3. The molecule has 3 N–H and O–H groups in total. The Labute approximate surface area is 98.3 Å². The minimum absolute atomic E-state index is 0.0326. The standard InChI is InChI=1S/C6H10O3.C4H6O4/c1-3-6(8)9-4-5(2)7;5-3(6)1-2-4(7)8/h3,5,7H,1,4H2,2H3;1-2H2,(H,5,6)(H,7,8). The molecule has 7 heteroatoms. The van der Waals surface area contributed by atoms with Crippen LogP contribution in [0.3, 0.4) is 0 Å². The zero-order valence-corrected chi connectivity index (χ0v) is 9.46. The Hall–Kier alpha value is -1.89. The summed E-state index contributed by atoms with van der Waals surface area (Å²) in [5.41, 5.74) is 0. The fourth-order valence-corrected chi connectivity index (χ4v) is 0.476. The second-order valence-electron chi connectivity index (χ2n) is 2.97. The predicted molar refractivity (Wildman–Crippen MR) is 57.3 cm³/mol. The quantitative estimate of drug-likeness (QED) is 0.448. The molecule has 98 valence electrons. The van der Waals surface area contributed by atoms with Gasteiger partial charge in [-0.05, 0) is 6.92 Å². The first-order valence-corrected chi connectivity index (χ1v) is 4.70. The summed E-state index contributed by atoms with van der Waals surface area (Å²) in [4.78, 5) is 29.5. The lowest BCUT2D eigenvalue weighted by Gasteiger charge is -2.02. The normalized spacial score (nSPS) is 10.5. The third-order valence-electron chi connectivity index (χ3n) is 1.19. The molecule has 0 rings (SSSR count). The van der Waals surface area contributed by atoms with Gasteiger partial charge in [-0.1, -0.05) is 6.58 Å². The first kappa shape index (κ1) is 17.5. The smallest absolute Gasteiger partial charge is 0.330 e. The molecule has 0 heterocycles. The number of aliphatic carboxylic acids is 2. The summed E-state index contributed by atoms with van der Waals surface area (Å²) in [7, 11) is 0. The minimum Gasteiger partial charge on any atom is -0.481 e. The average Bonchev–Trinajstić information content (AvgIpc) is 2.23. The van der Waals surface area contributed by atoms with E-state index in [1.165, 1.54) is 6.92 Å². The van der Waals surface area contributed by atoms with Crippen molar-refractivity contribution < 1.29 is 34.4 Å². The van der Waals surface area contributed by atoms with E-state index in [4.69, 9.17) is 15.3 Å². The zero-order chi connectivity index (χ0) is 13.8. The van der Waals surface area contributed by atoms with Gasteiger partial charge in [0, 0.05) is 6.08 Å². The van der Waals surface area contributed by atoms with E-state index in [-0.39, 0.29) is 19.4 Å².